The fourth-order valence-electron chi connectivity index (χ4n) is 1.80. The molecule has 0 radical (unpaired) electrons. The van der Waals surface area contributed by atoms with Gasteiger partial charge >= 0.3 is 29.8 Å². The van der Waals surface area contributed by atoms with Crippen LogP contribution in [0, 0.1) is 11.8 Å². The van der Waals surface area contributed by atoms with Gasteiger partial charge in [-0.25, -0.2) is 0 Å². The molecule has 16 nitrogen and oxygen atoms in total. The number of carbonyl (C=O) groups is 5. The SMILES string of the molecule is CC(C)C(N)C(=O)O.CC(C)CC(N)C(=O)O.NCC(=O)O.NCC(=O)O.O=C(O)[C@@H]1C[C@@H](O)CN1. The maximum absolute atomic E-state index is 10.2. The van der Waals surface area contributed by atoms with Crippen LogP contribution < -0.4 is 28.3 Å². The van der Waals surface area contributed by atoms with Crippen LogP contribution in [0.3, 0.4) is 0 Å². The predicted molar refractivity (Wildman–Crippen MR) is 129 cm³/mol. The molecule has 1 heterocycles. The lowest BCUT2D eigenvalue weighted by Crippen LogP contribution is -2.34. The van der Waals surface area contributed by atoms with E-state index in [1.54, 1.807) is 13.8 Å². The Hall–Kier alpha value is -2.89. The smallest absolute Gasteiger partial charge is 0.320 e. The van der Waals surface area contributed by atoms with Crippen LogP contribution in [0.5, 0.6) is 0 Å². The highest BCUT2D eigenvalue weighted by Gasteiger charge is 2.27. The second kappa shape index (κ2) is 23.8. The highest BCUT2D eigenvalue weighted by Crippen LogP contribution is 2.05. The molecule has 4 atom stereocenters. The van der Waals surface area contributed by atoms with Crippen LogP contribution in [-0.4, -0.2) is 104 Å². The topological polar surface area (TPSA) is 323 Å². The number of β-amino-alcohol motifs (C(OH)–C–C–N with tert-alkyl or cyclic N) is 1. The van der Waals surface area contributed by atoms with Crippen molar-refractivity contribution in [2.75, 3.05) is 19.6 Å². The van der Waals surface area contributed by atoms with Gasteiger partial charge in [-0.15, -0.1) is 0 Å². The summed E-state index contributed by atoms with van der Waals surface area (Å²) in [6.45, 7) is 7.29. The summed E-state index contributed by atoms with van der Waals surface area (Å²) < 4.78 is 0. The average Bonchev–Trinajstić information content (AvgIpc) is 3.20. The minimum Gasteiger partial charge on any atom is -0.480 e. The fourth-order valence-corrected chi connectivity index (χ4v) is 1.80. The molecular weight excluding hydrogens is 486 g/mol. The second-order valence-corrected chi connectivity index (χ2v) is 8.07. The molecule has 0 aromatic rings. The fraction of sp³-hybridized carbons (Fsp3) is 0.750. The largest absolute Gasteiger partial charge is 0.480 e. The van der Waals surface area contributed by atoms with Crippen molar-refractivity contribution in [1.82, 2.24) is 5.32 Å². The Morgan fingerprint density at radius 1 is 0.833 bits per heavy atom. The van der Waals surface area contributed by atoms with Crippen LogP contribution in [0.2, 0.25) is 0 Å². The van der Waals surface area contributed by atoms with E-state index in [4.69, 9.17) is 42.1 Å². The van der Waals surface area contributed by atoms with Gasteiger partial charge in [-0.3, -0.25) is 24.0 Å². The molecule has 0 spiro atoms. The molecule has 0 amide bonds. The zero-order valence-corrected chi connectivity index (χ0v) is 21.0. The number of hydrogen-bond acceptors (Lipinski definition) is 11. The van der Waals surface area contributed by atoms with Crippen LogP contribution in [0.4, 0.5) is 0 Å². The molecule has 36 heavy (non-hydrogen) atoms. The van der Waals surface area contributed by atoms with E-state index < -0.39 is 54.1 Å². The van der Waals surface area contributed by atoms with Gasteiger partial charge in [0.25, 0.3) is 0 Å². The third kappa shape index (κ3) is 31.1. The molecule has 214 valence electrons. The van der Waals surface area contributed by atoms with Crippen molar-refractivity contribution in [2.45, 2.75) is 64.8 Å². The molecule has 0 bridgehead atoms. The Labute approximate surface area is 209 Å². The van der Waals surface area contributed by atoms with E-state index in [9.17, 15) is 24.0 Å². The molecule has 1 saturated heterocycles. The summed E-state index contributed by atoms with van der Waals surface area (Å²) >= 11 is 0. The summed E-state index contributed by atoms with van der Waals surface area (Å²) in [6, 6.07) is -1.94. The zero-order valence-electron chi connectivity index (χ0n) is 21.0. The van der Waals surface area contributed by atoms with Crippen LogP contribution >= 0.6 is 0 Å². The highest BCUT2D eigenvalue weighted by molar-refractivity contribution is 5.74. The van der Waals surface area contributed by atoms with Gasteiger partial charge < -0.3 is 58.9 Å². The number of aliphatic carboxylic acids is 5. The van der Waals surface area contributed by atoms with Crippen molar-refractivity contribution in [3.05, 3.63) is 0 Å². The Morgan fingerprint density at radius 2 is 1.22 bits per heavy atom. The molecule has 15 N–H and O–H groups in total. The first-order chi connectivity index (χ1) is 16.3. The Bertz CT molecular complexity index is 634. The number of hydrogen-bond donors (Lipinski definition) is 11. The van der Waals surface area contributed by atoms with E-state index in [1.807, 2.05) is 13.8 Å². The average molecular weight is 530 g/mol. The molecule has 0 aliphatic carbocycles. The van der Waals surface area contributed by atoms with Gasteiger partial charge in [0.15, 0.2) is 0 Å². The lowest BCUT2D eigenvalue weighted by Gasteiger charge is -2.07. The van der Waals surface area contributed by atoms with E-state index in [-0.39, 0.29) is 19.0 Å². The summed E-state index contributed by atoms with van der Waals surface area (Å²) in [5, 5.41) is 51.6. The van der Waals surface area contributed by atoms with E-state index in [0.717, 1.165) is 0 Å². The molecule has 0 saturated carbocycles. The first-order valence-electron chi connectivity index (χ1n) is 10.8. The van der Waals surface area contributed by atoms with Gasteiger partial charge in [0, 0.05) is 13.0 Å². The third-order valence-corrected chi connectivity index (χ3v) is 3.80. The molecule has 2 unspecified atom stereocenters. The van der Waals surface area contributed by atoms with Crippen LogP contribution in [0.25, 0.3) is 0 Å². The zero-order chi connectivity index (χ0) is 29.6. The van der Waals surface area contributed by atoms with Gasteiger partial charge in [-0.1, -0.05) is 27.7 Å². The Kier molecular flexibility index (Phi) is 26.7. The maximum atomic E-state index is 10.2. The maximum Gasteiger partial charge on any atom is 0.320 e. The normalized spacial score (nSPS) is 17.3. The van der Waals surface area contributed by atoms with E-state index >= 15 is 0 Å². The number of carboxylic acid groups (broad SMARTS) is 5. The second-order valence-electron chi connectivity index (χ2n) is 8.07. The molecule has 1 rings (SSSR count). The first-order valence-corrected chi connectivity index (χ1v) is 10.8. The number of nitrogens with one attached hydrogen (secondary N) is 1. The van der Waals surface area contributed by atoms with Crippen molar-refractivity contribution < 1.29 is 54.6 Å². The summed E-state index contributed by atoms with van der Waals surface area (Å²) in [7, 11) is 0. The minimum atomic E-state index is -0.968. The quantitative estimate of drug-likeness (QED) is 0.153. The summed E-state index contributed by atoms with van der Waals surface area (Å²) in [5.41, 5.74) is 19.5. The summed E-state index contributed by atoms with van der Waals surface area (Å²) in [6.07, 6.45) is 0.399. The number of nitrogens with two attached hydrogens (primary N) is 4. The van der Waals surface area contributed by atoms with Crippen LogP contribution in [0.15, 0.2) is 0 Å². The lowest BCUT2D eigenvalue weighted by atomic mass is 10.1. The van der Waals surface area contributed by atoms with Gasteiger partial charge in [0.1, 0.15) is 18.1 Å². The summed E-state index contributed by atoms with van der Waals surface area (Å²) in [5.74, 6) is -4.28. The number of aliphatic hydroxyl groups excluding tert-OH is 1. The van der Waals surface area contributed by atoms with Gasteiger partial charge in [-0.2, -0.15) is 0 Å². The van der Waals surface area contributed by atoms with Gasteiger partial charge in [0.2, 0.25) is 0 Å². The molecule has 16 heteroatoms. The molecule has 1 fully saturated rings. The van der Waals surface area contributed by atoms with Gasteiger partial charge in [0.05, 0.1) is 19.2 Å². The van der Waals surface area contributed by atoms with Crippen molar-refractivity contribution in [2.24, 2.45) is 34.8 Å². The standard InChI is InChI=1S/C6H13NO2.C5H9NO3.C5H11NO2.2C2H5NO2/c1-4(2)3-5(7)6(8)9;7-3-1-4(5(8)9)6-2-3;1-3(2)4(6)5(7)8;2*3-1-2(4)5/h4-5H,3,7H2,1-2H3,(H,8,9);3-4,6-7H,1-2H2,(H,8,9);3-4H,6H2,1-2H3,(H,7,8);2*1,3H2,(H,4,5)/t;3-,4+;;;/m.1.../s1. The highest BCUT2D eigenvalue weighted by atomic mass is 16.4. The molecule has 1 aliphatic rings. The minimum absolute atomic E-state index is 0.0208. The van der Waals surface area contributed by atoms with E-state index in [2.05, 4.69) is 16.8 Å². The monoisotopic (exact) mass is 529 g/mol. The molecule has 0 aromatic carbocycles. The van der Waals surface area contributed by atoms with Gasteiger partial charge in [-0.05, 0) is 18.3 Å². The molecular formula is C20H43N5O11. The number of carboxylic acids is 5. The molecule has 0 aromatic heterocycles. The van der Waals surface area contributed by atoms with Crippen LogP contribution in [0.1, 0.15) is 40.5 Å². The number of rotatable bonds is 8. The number of aliphatic hydroxyl groups is 1. The predicted octanol–water partition coefficient (Wildman–Crippen LogP) is -2.65. The van der Waals surface area contributed by atoms with E-state index in [1.165, 1.54) is 0 Å². The first kappa shape index (κ1) is 40.3. The lowest BCUT2D eigenvalue weighted by molar-refractivity contribution is -0.140. The Morgan fingerprint density at radius 3 is 1.31 bits per heavy atom. The van der Waals surface area contributed by atoms with Crippen molar-refractivity contribution in [3.63, 3.8) is 0 Å². The van der Waals surface area contributed by atoms with Crippen molar-refractivity contribution in [1.29, 1.82) is 0 Å². The third-order valence-electron chi connectivity index (χ3n) is 3.80. The van der Waals surface area contributed by atoms with Crippen molar-refractivity contribution in [3.8, 4) is 0 Å². The van der Waals surface area contributed by atoms with E-state index in [0.29, 0.717) is 25.3 Å². The molecule has 1 aliphatic heterocycles. The van der Waals surface area contributed by atoms with Crippen molar-refractivity contribution >= 4 is 29.8 Å². The van der Waals surface area contributed by atoms with Crippen LogP contribution in [-0.2, 0) is 24.0 Å². The summed E-state index contributed by atoms with van der Waals surface area (Å²) in [4.78, 5) is 48.8. The Balaban J connectivity index is -0.000000182.